The SMILES string of the molecule is CC(C)Cn1c(=O)c(C(=O)N/N=C\c2cccc(F)c2)c(O)c2ccccc21. The van der Waals surface area contributed by atoms with Crippen molar-refractivity contribution in [2.24, 2.45) is 11.0 Å². The molecule has 0 aliphatic heterocycles. The summed E-state index contributed by atoms with van der Waals surface area (Å²) in [7, 11) is 0. The van der Waals surface area contributed by atoms with E-state index in [4.69, 9.17) is 0 Å². The van der Waals surface area contributed by atoms with Crippen molar-refractivity contribution in [3.63, 3.8) is 0 Å². The number of hydrazone groups is 1. The number of pyridine rings is 1. The highest BCUT2D eigenvalue weighted by atomic mass is 19.1. The van der Waals surface area contributed by atoms with Crippen molar-refractivity contribution in [1.29, 1.82) is 0 Å². The second kappa shape index (κ2) is 8.04. The van der Waals surface area contributed by atoms with E-state index in [-0.39, 0.29) is 17.2 Å². The van der Waals surface area contributed by atoms with Gasteiger partial charge < -0.3 is 9.67 Å². The number of para-hydroxylation sites is 1. The van der Waals surface area contributed by atoms with Crippen LogP contribution in [0.4, 0.5) is 4.39 Å². The lowest BCUT2D eigenvalue weighted by molar-refractivity contribution is 0.0950. The van der Waals surface area contributed by atoms with Gasteiger partial charge in [-0.2, -0.15) is 5.10 Å². The fraction of sp³-hybridized carbons (Fsp3) is 0.190. The Labute approximate surface area is 160 Å². The molecular weight excluding hydrogens is 361 g/mol. The number of rotatable bonds is 5. The number of aromatic hydroxyl groups is 1. The molecule has 0 atom stereocenters. The smallest absolute Gasteiger partial charge is 0.280 e. The van der Waals surface area contributed by atoms with E-state index < -0.39 is 17.3 Å². The molecule has 3 rings (SSSR count). The van der Waals surface area contributed by atoms with Crippen LogP contribution in [-0.2, 0) is 6.54 Å². The zero-order chi connectivity index (χ0) is 20.3. The number of carbonyl (C=O) groups excluding carboxylic acids is 1. The molecule has 0 aliphatic rings. The molecule has 0 saturated heterocycles. The van der Waals surface area contributed by atoms with Gasteiger partial charge in [-0.25, -0.2) is 9.82 Å². The molecule has 6 nitrogen and oxygen atoms in total. The highest BCUT2D eigenvalue weighted by molar-refractivity contribution is 6.02. The first kappa shape index (κ1) is 19.3. The minimum absolute atomic E-state index is 0.160. The molecule has 0 unspecified atom stereocenters. The lowest BCUT2D eigenvalue weighted by Gasteiger charge is -2.15. The Kier molecular flexibility index (Phi) is 5.54. The van der Waals surface area contributed by atoms with Crippen LogP contribution in [0.5, 0.6) is 5.75 Å². The summed E-state index contributed by atoms with van der Waals surface area (Å²) in [6, 6.07) is 12.5. The fourth-order valence-corrected chi connectivity index (χ4v) is 2.95. The van der Waals surface area contributed by atoms with Gasteiger partial charge >= 0.3 is 0 Å². The van der Waals surface area contributed by atoms with Crippen LogP contribution in [0.1, 0.15) is 29.8 Å². The molecule has 28 heavy (non-hydrogen) atoms. The monoisotopic (exact) mass is 381 g/mol. The Hall–Kier alpha value is -3.48. The number of carbonyl (C=O) groups is 1. The Bertz CT molecular complexity index is 1120. The molecule has 1 heterocycles. The number of nitrogens with one attached hydrogen (secondary N) is 1. The molecule has 0 fully saturated rings. The molecule has 0 radical (unpaired) electrons. The van der Waals surface area contributed by atoms with E-state index in [1.165, 1.54) is 29.0 Å². The van der Waals surface area contributed by atoms with Crippen molar-refractivity contribution in [3.05, 3.63) is 75.8 Å². The summed E-state index contributed by atoms with van der Waals surface area (Å²) in [6.07, 6.45) is 1.26. The van der Waals surface area contributed by atoms with Gasteiger partial charge in [0.1, 0.15) is 17.1 Å². The normalized spacial score (nSPS) is 11.4. The third-order valence-electron chi connectivity index (χ3n) is 4.15. The molecule has 1 amide bonds. The standard InChI is InChI=1S/C21H20FN3O3/c1-13(2)12-25-17-9-4-3-8-16(17)19(26)18(21(25)28)20(27)24-23-11-14-6-5-7-15(22)10-14/h3-11,13,26H,12H2,1-2H3,(H,24,27)/b23-11-. The Morgan fingerprint density at radius 3 is 2.71 bits per heavy atom. The zero-order valence-electron chi connectivity index (χ0n) is 15.5. The molecule has 0 spiro atoms. The topological polar surface area (TPSA) is 83.7 Å². The maximum atomic E-state index is 13.2. The number of nitrogens with zero attached hydrogens (tertiary/aromatic N) is 2. The number of hydrogen-bond acceptors (Lipinski definition) is 4. The second-order valence-corrected chi connectivity index (χ2v) is 6.80. The number of aromatic nitrogens is 1. The molecule has 1 aromatic heterocycles. The average molecular weight is 381 g/mol. The first-order valence-corrected chi connectivity index (χ1v) is 8.82. The highest BCUT2D eigenvalue weighted by Gasteiger charge is 2.22. The maximum Gasteiger partial charge on any atom is 0.280 e. The summed E-state index contributed by atoms with van der Waals surface area (Å²) in [5.41, 5.74) is 2.25. The van der Waals surface area contributed by atoms with Gasteiger partial charge in [0.05, 0.1) is 11.7 Å². The van der Waals surface area contributed by atoms with Gasteiger partial charge in [-0.1, -0.05) is 38.1 Å². The van der Waals surface area contributed by atoms with Crippen LogP contribution in [-0.4, -0.2) is 21.8 Å². The first-order chi connectivity index (χ1) is 13.4. The van der Waals surface area contributed by atoms with E-state index in [2.05, 4.69) is 10.5 Å². The van der Waals surface area contributed by atoms with Gasteiger partial charge in [-0.3, -0.25) is 9.59 Å². The van der Waals surface area contributed by atoms with E-state index in [0.717, 1.165) is 0 Å². The van der Waals surface area contributed by atoms with E-state index in [0.29, 0.717) is 23.0 Å². The molecule has 144 valence electrons. The zero-order valence-corrected chi connectivity index (χ0v) is 15.5. The van der Waals surface area contributed by atoms with Gasteiger partial charge in [0.25, 0.3) is 11.5 Å². The first-order valence-electron chi connectivity index (χ1n) is 8.82. The predicted molar refractivity (Wildman–Crippen MR) is 106 cm³/mol. The Morgan fingerprint density at radius 1 is 1.25 bits per heavy atom. The van der Waals surface area contributed by atoms with Crippen LogP contribution in [0.3, 0.4) is 0 Å². The van der Waals surface area contributed by atoms with E-state index in [1.54, 1.807) is 30.3 Å². The van der Waals surface area contributed by atoms with Crippen LogP contribution < -0.4 is 11.0 Å². The predicted octanol–water partition coefficient (Wildman–Crippen LogP) is 3.27. The van der Waals surface area contributed by atoms with Gasteiger partial charge in [0.15, 0.2) is 0 Å². The lowest BCUT2D eigenvalue weighted by atomic mass is 10.1. The van der Waals surface area contributed by atoms with Crippen LogP contribution in [0.25, 0.3) is 10.9 Å². The number of hydrogen-bond donors (Lipinski definition) is 2. The lowest BCUT2D eigenvalue weighted by Crippen LogP contribution is -2.32. The van der Waals surface area contributed by atoms with Crippen molar-refractivity contribution in [3.8, 4) is 5.75 Å². The highest BCUT2D eigenvalue weighted by Crippen LogP contribution is 2.26. The van der Waals surface area contributed by atoms with E-state index in [9.17, 15) is 19.1 Å². The van der Waals surface area contributed by atoms with Crippen molar-refractivity contribution < 1.29 is 14.3 Å². The quantitative estimate of drug-likeness (QED) is 0.526. The summed E-state index contributed by atoms with van der Waals surface area (Å²) in [5, 5.41) is 14.7. The molecule has 2 N–H and O–H groups in total. The summed E-state index contributed by atoms with van der Waals surface area (Å²) >= 11 is 0. The van der Waals surface area contributed by atoms with Gasteiger partial charge in [-0.05, 0) is 35.7 Å². The van der Waals surface area contributed by atoms with Crippen LogP contribution >= 0.6 is 0 Å². The van der Waals surface area contributed by atoms with Crippen molar-refractivity contribution in [2.45, 2.75) is 20.4 Å². The Morgan fingerprint density at radius 2 is 2.00 bits per heavy atom. The summed E-state index contributed by atoms with van der Waals surface area (Å²) in [4.78, 5) is 25.5. The molecule has 0 bridgehead atoms. The average Bonchev–Trinajstić information content (AvgIpc) is 2.65. The summed E-state index contributed by atoms with van der Waals surface area (Å²) in [6.45, 7) is 4.31. The fourth-order valence-electron chi connectivity index (χ4n) is 2.95. The third kappa shape index (κ3) is 3.93. The molecule has 7 heteroatoms. The van der Waals surface area contributed by atoms with Crippen LogP contribution in [0.15, 0.2) is 58.4 Å². The Balaban J connectivity index is 1.99. The molecule has 2 aromatic carbocycles. The van der Waals surface area contributed by atoms with Crippen LogP contribution in [0, 0.1) is 11.7 Å². The van der Waals surface area contributed by atoms with Crippen molar-refractivity contribution >= 4 is 23.0 Å². The number of fused-ring (bicyclic) bond motifs is 1. The van der Waals surface area contributed by atoms with Gasteiger partial charge in [0.2, 0.25) is 0 Å². The molecule has 0 aliphatic carbocycles. The number of benzene rings is 2. The largest absolute Gasteiger partial charge is 0.506 e. The minimum atomic E-state index is -0.835. The van der Waals surface area contributed by atoms with E-state index in [1.807, 2.05) is 13.8 Å². The number of amides is 1. The van der Waals surface area contributed by atoms with E-state index >= 15 is 0 Å². The summed E-state index contributed by atoms with van der Waals surface area (Å²) < 4.78 is 14.7. The minimum Gasteiger partial charge on any atom is -0.506 e. The summed E-state index contributed by atoms with van der Waals surface area (Å²) in [5.74, 6) is -1.50. The maximum absolute atomic E-state index is 13.2. The molecule has 0 saturated carbocycles. The molecular formula is C21H20FN3O3. The van der Waals surface area contributed by atoms with Crippen LogP contribution in [0.2, 0.25) is 0 Å². The number of halogens is 1. The van der Waals surface area contributed by atoms with Crippen molar-refractivity contribution in [1.82, 2.24) is 9.99 Å². The van der Waals surface area contributed by atoms with Gasteiger partial charge in [-0.15, -0.1) is 0 Å². The molecule has 3 aromatic rings. The van der Waals surface area contributed by atoms with Gasteiger partial charge in [0, 0.05) is 11.9 Å². The van der Waals surface area contributed by atoms with Crippen molar-refractivity contribution in [2.75, 3.05) is 0 Å². The third-order valence-corrected chi connectivity index (χ3v) is 4.15. The second-order valence-electron chi connectivity index (χ2n) is 6.80.